The van der Waals surface area contributed by atoms with Gasteiger partial charge < -0.3 is 14.7 Å². The molecule has 1 aromatic rings. The largest absolute Gasteiger partial charge is 0.339 e. The molecule has 0 aromatic heterocycles. The van der Waals surface area contributed by atoms with E-state index in [1.807, 2.05) is 4.90 Å². The van der Waals surface area contributed by atoms with Gasteiger partial charge in [-0.3, -0.25) is 9.59 Å². The van der Waals surface area contributed by atoms with Crippen LogP contribution in [0, 0.1) is 11.2 Å². The molecule has 1 aromatic carbocycles. The highest BCUT2D eigenvalue weighted by Crippen LogP contribution is 2.53. The third-order valence-corrected chi connectivity index (χ3v) is 7.46. The molecule has 1 atom stereocenters. The lowest BCUT2D eigenvalue weighted by Crippen LogP contribution is -2.57. The smallest absolute Gasteiger partial charge is 0.247 e. The van der Waals surface area contributed by atoms with Crippen LogP contribution in [-0.2, 0) is 9.59 Å². The zero-order valence-electron chi connectivity index (χ0n) is 18.2. The lowest BCUT2D eigenvalue weighted by molar-refractivity contribution is -0.148. The molecule has 1 aliphatic carbocycles. The molecule has 5 nitrogen and oxygen atoms in total. The average Bonchev–Trinajstić information content (AvgIpc) is 3.52. The van der Waals surface area contributed by atoms with E-state index in [0.29, 0.717) is 24.1 Å². The van der Waals surface area contributed by atoms with Crippen LogP contribution in [0.5, 0.6) is 0 Å². The van der Waals surface area contributed by atoms with Gasteiger partial charge >= 0.3 is 0 Å². The third-order valence-electron chi connectivity index (χ3n) is 7.17. The van der Waals surface area contributed by atoms with E-state index in [-0.39, 0.29) is 16.8 Å². The number of nitrogens with zero attached hydrogens (tertiary/aromatic N) is 3. The summed E-state index contributed by atoms with van der Waals surface area (Å²) >= 11 is 5.79. The fourth-order valence-corrected chi connectivity index (χ4v) is 4.93. The molecule has 2 aliphatic heterocycles. The van der Waals surface area contributed by atoms with Gasteiger partial charge in [0.05, 0.1) is 5.02 Å². The summed E-state index contributed by atoms with van der Waals surface area (Å²) in [4.78, 5) is 31.4. The van der Waals surface area contributed by atoms with Crippen LogP contribution < -0.4 is 0 Å². The quantitative estimate of drug-likeness (QED) is 0.623. The molecule has 2 heterocycles. The zero-order valence-corrected chi connectivity index (χ0v) is 18.9. The first kappa shape index (κ1) is 22.3. The van der Waals surface area contributed by atoms with Crippen LogP contribution in [0.25, 0.3) is 6.08 Å². The van der Waals surface area contributed by atoms with Gasteiger partial charge in [0.25, 0.3) is 0 Å². The summed E-state index contributed by atoms with van der Waals surface area (Å²) in [5, 5.41) is 0.0170. The molecule has 7 heteroatoms. The van der Waals surface area contributed by atoms with Gasteiger partial charge in [-0.05, 0) is 87.8 Å². The minimum absolute atomic E-state index is 0.00778. The van der Waals surface area contributed by atoms with Gasteiger partial charge in [-0.15, -0.1) is 0 Å². The maximum absolute atomic E-state index is 13.3. The summed E-state index contributed by atoms with van der Waals surface area (Å²) in [5.74, 6) is -0.704. The maximum Gasteiger partial charge on any atom is 0.247 e. The van der Waals surface area contributed by atoms with E-state index < -0.39 is 11.9 Å². The van der Waals surface area contributed by atoms with Crippen molar-refractivity contribution in [3.05, 3.63) is 40.7 Å². The van der Waals surface area contributed by atoms with Crippen molar-refractivity contribution >= 4 is 29.5 Å². The molecule has 1 spiro atoms. The predicted octanol–water partition coefficient (Wildman–Crippen LogP) is 3.82. The number of amides is 2. The van der Waals surface area contributed by atoms with Crippen LogP contribution in [0.4, 0.5) is 4.39 Å². The van der Waals surface area contributed by atoms with Crippen LogP contribution in [0.1, 0.15) is 44.6 Å². The van der Waals surface area contributed by atoms with E-state index in [9.17, 15) is 14.0 Å². The third kappa shape index (κ3) is 5.29. The summed E-state index contributed by atoms with van der Waals surface area (Å²) < 4.78 is 13.3. The molecule has 0 radical (unpaired) electrons. The number of piperidine rings is 1. The number of carbonyl (C=O) groups excluding carboxylic acids is 2. The highest BCUT2D eigenvalue weighted by molar-refractivity contribution is 6.30. The normalized spacial score (nSPS) is 23.7. The number of carbonyl (C=O) groups is 2. The summed E-state index contributed by atoms with van der Waals surface area (Å²) in [7, 11) is 0. The van der Waals surface area contributed by atoms with Crippen molar-refractivity contribution in [2.24, 2.45) is 5.41 Å². The minimum Gasteiger partial charge on any atom is -0.339 e. The second-order valence-electron chi connectivity index (χ2n) is 9.23. The molecule has 3 aliphatic rings. The predicted molar refractivity (Wildman–Crippen MR) is 120 cm³/mol. The van der Waals surface area contributed by atoms with Gasteiger partial charge in [-0.1, -0.05) is 17.7 Å². The Labute approximate surface area is 188 Å². The molecule has 3 fully saturated rings. The molecular weight excluding hydrogens is 417 g/mol. The summed E-state index contributed by atoms with van der Waals surface area (Å²) in [6.07, 6.45) is 9.51. The zero-order chi connectivity index (χ0) is 22.0. The summed E-state index contributed by atoms with van der Waals surface area (Å²) in [6.45, 7) is 7.04. The number of likely N-dealkylation sites (tertiary alicyclic amines) is 1. The van der Waals surface area contributed by atoms with Gasteiger partial charge in [-0.2, -0.15) is 0 Å². The molecule has 1 saturated carbocycles. The summed E-state index contributed by atoms with van der Waals surface area (Å²) in [6, 6.07) is 3.82. The first-order valence-electron chi connectivity index (χ1n) is 11.3. The highest BCUT2D eigenvalue weighted by atomic mass is 35.5. The Morgan fingerprint density at radius 2 is 1.90 bits per heavy atom. The Morgan fingerprint density at radius 3 is 2.58 bits per heavy atom. The lowest BCUT2D eigenvalue weighted by atomic mass is 9.94. The van der Waals surface area contributed by atoms with Gasteiger partial charge in [0.15, 0.2) is 0 Å². The van der Waals surface area contributed by atoms with Crippen molar-refractivity contribution in [3.8, 4) is 0 Å². The molecule has 0 unspecified atom stereocenters. The van der Waals surface area contributed by atoms with Crippen LogP contribution in [-0.4, -0.2) is 71.8 Å². The van der Waals surface area contributed by atoms with E-state index in [1.165, 1.54) is 57.0 Å². The first-order valence-corrected chi connectivity index (χ1v) is 11.7. The second kappa shape index (κ2) is 9.29. The maximum atomic E-state index is 13.3. The first-order chi connectivity index (χ1) is 14.9. The molecule has 4 rings (SSSR count). The van der Waals surface area contributed by atoms with Crippen molar-refractivity contribution < 1.29 is 14.0 Å². The van der Waals surface area contributed by atoms with Crippen molar-refractivity contribution in [3.63, 3.8) is 0 Å². The molecule has 0 bridgehead atoms. The van der Waals surface area contributed by atoms with Crippen LogP contribution in [0.15, 0.2) is 24.3 Å². The second-order valence-corrected chi connectivity index (χ2v) is 9.64. The van der Waals surface area contributed by atoms with Crippen molar-refractivity contribution in [2.45, 2.75) is 45.1 Å². The monoisotopic (exact) mass is 447 g/mol. The number of benzene rings is 1. The van der Waals surface area contributed by atoms with Crippen molar-refractivity contribution in [1.29, 1.82) is 0 Å². The SMILES string of the molecule is C[C@H]1C(=O)N(CCCN2CCC3(CC2)CC3)CCN1C(=O)/C=C/c1ccc(F)c(Cl)c1. The van der Waals surface area contributed by atoms with Gasteiger partial charge in [-0.25, -0.2) is 4.39 Å². The van der Waals surface area contributed by atoms with E-state index in [0.717, 1.165) is 19.5 Å². The Kier molecular flexibility index (Phi) is 6.68. The standard InChI is InChI=1S/C24H31ClFN3O2/c1-18-23(31)28(12-2-11-27-13-9-24(7-8-24)10-14-27)15-16-29(18)22(30)6-4-19-3-5-21(26)20(25)17-19/h3-6,17-18H,2,7-16H2,1H3/b6-4+/t18-/m0/s1. The number of hydrogen-bond acceptors (Lipinski definition) is 3. The van der Waals surface area contributed by atoms with E-state index in [1.54, 1.807) is 24.0 Å². The van der Waals surface area contributed by atoms with Gasteiger partial charge in [0, 0.05) is 25.7 Å². The molecule has 0 N–H and O–H groups in total. The fraction of sp³-hybridized carbons (Fsp3) is 0.583. The number of rotatable bonds is 6. The van der Waals surface area contributed by atoms with E-state index in [4.69, 9.17) is 11.6 Å². The number of halogens is 2. The lowest BCUT2D eigenvalue weighted by Gasteiger charge is -2.39. The molecular formula is C24H31ClFN3O2. The van der Waals surface area contributed by atoms with Crippen LogP contribution in [0.2, 0.25) is 5.02 Å². The Hall–Kier alpha value is -1.92. The van der Waals surface area contributed by atoms with Gasteiger partial charge in [0.1, 0.15) is 11.9 Å². The molecule has 31 heavy (non-hydrogen) atoms. The number of hydrogen-bond donors (Lipinski definition) is 0. The van der Waals surface area contributed by atoms with Crippen LogP contribution >= 0.6 is 11.6 Å². The molecule has 168 valence electrons. The highest BCUT2D eigenvalue weighted by Gasteiger charge is 2.44. The van der Waals surface area contributed by atoms with Crippen molar-refractivity contribution in [2.75, 3.05) is 39.3 Å². The fourth-order valence-electron chi connectivity index (χ4n) is 4.75. The van der Waals surface area contributed by atoms with Crippen molar-refractivity contribution in [1.82, 2.24) is 14.7 Å². The Bertz CT molecular complexity index is 860. The average molecular weight is 448 g/mol. The van der Waals surface area contributed by atoms with Gasteiger partial charge in [0.2, 0.25) is 11.8 Å². The number of piperazine rings is 1. The Morgan fingerprint density at radius 1 is 1.16 bits per heavy atom. The molecule has 2 amide bonds. The van der Waals surface area contributed by atoms with Crippen LogP contribution in [0.3, 0.4) is 0 Å². The minimum atomic E-state index is -0.493. The Balaban J connectivity index is 1.23. The summed E-state index contributed by atoms with van der Waals surface area (Å²) in [5.41, 5.74) is 1.34. The van der Waals surface area contributed by atoms with E-state index in [2.05, 4.69) is 4.90 Å². The topological polar surface area (TPSA) is 43.9 Å². The van der Waals surface area contributed by atoms with E-state index >= 15 is 0 Å². The molecule has 2 saturated heterocycles.